The molecule has 2 aromatic rings. The van der Waals surface area contributed by atoms with Crippen molar-refractivity contribution in [3.63, 3.8) is 0 Å². The van der Waals surface area contributed by atoms with Crippen molar-refractivity contribution < 1.29 is 17.6 Å². The van der Waals surface area contributed by atoms with Gasteiger partial charge in [0.2, 0.25) is 0 Å². The minimum Gasteiger partial charge on any atom is -0.194 e. The standard InChI is InChI=1S/C28H36F4/c1-3-5-7-9-10-12-14-22-16-18-24-23-17-15-21(13-11-8-6-4-2)19-25(23)27(29,30)28(31,32)26(24)20-22/h15-20H,3-14H2,1-2H3. The summed E-state index contributed by atoms with van der Waals surface area (Å²) in [6.07, 6.45) is 12.0. The smallest absolute Gasteiger partial charge is 0.194 e. The lowest BCUT2D eigenvalue weighted by molar-refractivity contribution is -0.225. The van der Waals surface area contributed by atoms with Crippen molar-refractivity contribution in [3.05, 3.63) is 58.7 Å². The van der Waals surface area contributed by atoms with Gasteiger partial charge in [-0.1, -0.05) is 89.5 Å². The van der Waals surface area contributed by atoms with Crippen LogP contribution in [0.1, 0.15) is 100 Å². The van der Waals surface area contributed by atoms with Crippen molar-refractivity contribution in [2.75, 3.05) is 0 Å². The van der Waals surface area contributed by atoms with Crippen LogP contribution in [-0.4, -0.2) is 0 Å². The Morgan fingerprint density at radius 1 is 0.531 bits per heavy atom. The first-order valence-electron chi connectivity index (χ1n) is 12.4. The van der Waals surface area contributed by atoms with Gasteiger partial charge in [-0.05, 0) is 60.1 Å². The molecule has 0 atom stereocenters. The zero-order valence-corrected chi connectivity index (χ0v) is 19.5. The van der Waals surface area contributed by atoms with Crippen LogP contribution in [0.4, 0.5) is 17.6 Å². The van der Waals surface area contributed by atoms with E-state index >= 15 is 17.6 Å². The molecule has 0 heterocycles. The quantitative estimate of drug-likeness (QED) is 0.224. The van der Waals surface area contributed by atoms with E-state index in [-0.39, 0.29) is 11.1 Å². The number of fused-ring (bicyclic) bond motifs is 3. The lowest BCUT2D eigenvalue weighted by Crippen LogP contribution is -2.39. The van der Waals surface area contributed by atoms with Crippen LogP contribution < -0.4 is 0 Å². The van der Waals surface area contributed by atoms with Crippen LogP contribution in [0.15, 0.2) is 36.4 Å². The second-order valence-corrected chi connectivity index (χ2v) is 9.24. The molecule has 0 aromatic heterocycles. The van der Waals surface area contributed by atoms with Gasteiger partial charge in [0.05, 0.1) is 0 Å². The van der Waals surface area contributed by atoms with Gasteiger partial charge in [0.25, 0.3) is 0 Å². The number of hydrogen-bond acceptors (Lipinski definition) is 0. The fraction of sp³-hybridized carbons (Fsp3) is 0.571. The van der Waals surface area contributed by atoms with E-state index < -0.39 is 23.0 Å². The minimum absolute atomic E-state index is 0.236. The highest BCUT2D eigenvalue weighted by Crippen LogP contribution is 2.58. The molecule has 0 unspecified atom stereocenters. The summed E-state index contributed by atoms with van der Waals surface area (Å²) in [5.41, 5.74) is 0.824. The molecule has 3 rings (SSSR count). The van der Waals surface area contributed by atoms with Gasteiger partial charge in [0.1, 0.15) is 0 Å². The van der Waals surface area contributed by atoms with E-state index in [1.807, 2.05) is 12.1 Å². The summed E-state index contributed by atoms with van der Waals surface area (Å²) in [5, 5.41) is 0. The first-order valence-corrected chi connectivity index (χ1v) is 12.4. The van der Waals surface area contributed by atoms with Gasteiger partial charge >= 0.3 is 11.8 Å². The highest BCUT2D eigenvalue weighted by Gasteiger charge is 2.62. The molecule has 0 N–H and O–H groups in total. The number of aryl methyl sites for hydroxylation is 2. The topological polar surface area (TPSA) is 0 Å². The van der Waals surface area contributed by atoms with Crippen molar-refractivity contribution in [1.82, 2.24) is 0 Å². The van der Waals surface area contributed by atoms with E-state index in [9.17, 15) is 0 Å². The fourth-order valence-corrected chi connectivity index (χ4v) is 4.69. The SMILES string of the molecule is CCCCCCCCc1ccc2c(c1)C(F)(F)C(F)(F)c1cc(CCCCCC)ccc1-2. The number of rotatable bonds is 12. The highest BCUT2D eigenvalue weighted by molar-refractivity contribution is 5.76. The van der Waals surface area contributed by atoms with Gasteiger partial charge in [0.15, 0.2) is 0 Å². The van der Waals surface area contributed by atoms with Gasteiger partial charge < -0.3 is 0 Å². The molecule has 32 heavy (non-hydrogen) atoms. The maximum absolute atomic E-state index is 15.1. The average Bonchev–Trinajstić information content (AvgIpc) is 2.78. The zero-order chi connectivity index (χ0) is 23.2. The second kappa shape index (κ2) is 10.9. The molecule has 0 aliphatic heterocycles. The molecule has 0 spiro atoms. The van der Waals surface area contributed by atoms with Crippen molar-refractivity contribution in [3.8, 4) is 11.1 Å². The summed E-state index contributed by atoms with van der Waals surface area (Å²) >= 11 is 0. The summed E-state index contributed by atoms with van der Waals surface area (Å²) in [6.45, 7) is 4.27. The van der Waals surface area contributed by atoms with Crippen LogP contribution in [0.25, 0.3) is 11.1 Å². The van der Waals surface area contributed by atoms with Crippen LogP contribution >= 0.6 is 0 Å². The van der Waals surface area contributed by atoms with Gasteiger partial charge in [-0.25, -0.2) is 0 Å². The van der Waals surface area contributed by atoms with Crippen LogP contribution in [0.5, 0.6) is 0 Å². The Kier molecular flexibility index (Phi) is 8.41. The molecule has 0 saturated heterocycles. The largest absolute Gasteiger partial charge is 0.340 e. The summed E-state index contributed by atoms with van der Waals surface area (Å²) < 4.78 is 60.4. The van der Waals surface area contributed by atoms with Gasteiger partial charge in [-0.15, -0.1) is 0 Å². The van der Waals surface area contributed by atoms with E-state index in [1.54, 1.807) is 12.1 Å². The van der Waals surface area contributed by atoms with Gasteiger partial charge in [0, 0.05) is 11.1 Å². The molecule has 0 nitrogen and oxygen atoms in total. The highest BCUT2D eigenvalue weighted by atomic mass is 19.3. The molecule has 2 aromatic carbocycles. The van der Waals surface area contributed by atoms with E-state index in [0.717, 1.165) is 44.9 Å². The predicted molar refractivity (Wildman–Crippen MR) is 125 cm³/mol. The lowest BCUT2D eigenvalue weighted by Gasteiger charge is -2.35. The summed E-state index contributed by atoms with van der Waals surface area (Å²) in [6, 6.07) is 9.49. The Morgan fingerprint density at radius 2 is 0.906 bits per heavy atom. The number of halogens is 4. The first-order chi connectivity index (χ1) is 15.3. The molecular weight excluding hydrogens is 412 g/mol. The monoisotopic (exact) mass is 448 g/mol. The molecule has 1 aliphatic carbocycles. The average molecular weight is 449 g/mol. The molecule has 4 heteroatoms. The van der Waals surface area contributed by atoms with E-state index in [1.165, 1.54) is 31.4 Å². The van der Waals surface area contributed by atoms with Crippen LogP contribution in [0.2, 0.25) is 0 Å². The van der Waals surface area contributed by atoms with E-state index in [4.69, 9.17) is 0 Å². The third-order valence-corrected chi connectivity index (χ3v) is 6.67. The van der Waals surface area contributed by atoms with E-state index in [0.29, 0.717) is 24.0 Å². The molecule has 0 fully saturated rings. The second-order valence-electron chi connectivity index (χ2n) is 9.24. The van der Waals surface area contributed by atoms with Crippen molar-refractivity contribution >= 4 is 0 Å². The zero-order valence-electron chi connectivity index (χ0n) is 19.5. The molecule has 1 aliphatic rings. The van der Waals surface area contributed by atoms with Crippen LogP contribution in [-0.2, 0) is 24.7 Å². The molecule has 0 amide bonds. The van der Waals surface area contributed by atoms with Crippen molar-refractivity contribution in [1.29, 1.82) is 0 Å². The predicted octanol–water partition coefficient (Wildman–Crippen LogP) is 9.58. The molecule has 0 radical (unpaired) electrons. The Balaban J connectivity index is 1.82. The molecule has 176 valence electrons. The molecule has 0 saturated carbocycles. The van der Waals surface area contributed by atoms with Crippen LogP contribution in [0.3, 0.4) is 0 Å². The van der Waals surface area contributed by atoms with E-state index in [2.05, 4.69) is 13.8 Å². The minimum atomic E-state index is -4.21. The Bertz CT molecular complexity index is 885. The number of hydrogen-bond donors (Lipinski definition) is 0. The number of unbranched alkanes of at least 4 members (excludes halogenated alkanes) is 8. The Hall–Kier alpha value is -1.84. The van der Waals surface area contributed by atoms with Gasteiger partial charge in [-0.3, -0.25) is 0 Å². The third kappa shape index (κ3) is 5.21. The van der Waals surface area contributed by atoms with Crippen molar-refractivity contribution in [2.24, 2.45) is 0 Å². The fourth-order valence-electron chi connectivity index (χ4n) is 4.69. The lowest BCUT2D eigenvalue weighted by atomic mass is 9.78. The van der Waals surface area contributed by atoms with Gasteiger partial charge in [-0.2, -0.15) is 17.6 Å². The number of benzene rings is 2. The summed E-state index contributed by atoms with van der Waals surface area (Å²) in [7, 11) is 0. The third-order valence-electron chi connectivity index (χ3n) is 6.67. The van der Waals surface area contributed by atoms with Crippen LogP contribution in [0, 0.1) is 0 Å². The summed E-state index contributed by atoms with van der Waals surface area (Å²) in [5.74, 6) is -8.43. The Morgan fingerprint density at radius 3 is 1.34 bits per heavy atom. The normalized spacial score (nSPS) is 15.9. The summed E-state index contributed by atoms with van der Waals surface area (Å²) in [4.78, 5) is 0. The molecular formula is C28H36F4. The Labute approximate surface area is 190 Å². The first kappa shape index (κ1) is 24.8. The van der Waals surface area contributed by atoms with Crippen molar-refractivity contribution in [2.45, 2.75) is 103 Å². The number of alkyl halides is 4. The maximum atomic E-state index is 15.1. The molecule has 0 bridgehead atoms. The maximum Gasteiger partial charge on any atom is 0.340 e.